The zero-order chi connectivity index (χ0) is 10.3. The van der Waals surface area contributed by atoms with Crippen LogP contribution in [0.1, 0.15) is 32.1 Å². The van der Waals surface area contributed by atoms with E-state index < -0.39 is 0 Å². The van der Waals surface area contributed by atoms with E-state index in [1.165, 1.54) is 19.3 Å². The van der Waals surface area contributed by atoms with Gasteiger partial charge in [-0.25, -0.2) is 0 Å². The van der Waals surface area contributed by atoms with Gasteiger partial charge in [0, 0.05) is 12.8 Å². The molecular weight excluding hydrogens is 256 g/mol. The van der Waals surface area contributed by atoms with E-state index in [1.807, 2.05) is 18.2 Å². The predicted molar refractivity (Wildman–Crippen MR) is 61.2 cm³/mol. The zero-order valence-corrected chi connectivity index (χ0v) is 10.0. The highest BCUT2D eigenvalue weighted by molar-refractivity contribution is 9.10. The normalized spacial score (nSPS) is 21.9. The molecule has 1 heterocycles. The molecule has 1 aliphatic heterocycles. The van der Waals surface area contributed by atoms with Crippen molar-refractivity contribution in [1.29, 1.82) is 0 Å². The van der Waals surface area contributed by atoms with Gasteiger partial charge in [-0.15, -0.1) is 0 Å². The van der Waals surface area contributed by atoms with E-state index in [0.717, 1.165) is 28.8 Å². The van der Waals surface area contributed by atoms with Crippen LogP contribution in [0.15, 0.2) is 22.7 Å². The molecule has 0 bridgehead atoms. The van der Waals surface area contributed by atoms with Crippen molar-refractivity contribution in [1.82, 2.24) is 0 Å². The Bertz CT molecular complexity index is 383. The molecule has 1 fully saturated rings. The molecule has 80 valence electrons. The summed E-state index contributed by atoms with van der Waals surface area (Å²) in [5.74, 6) is 1.40. The Hall–Kier alpha value is -0.700. The van der Waals surface area contributed by atoms with Gasteiger partial charge in [-0.3, -0.25) is 0 Å². The molecule has 1 aromatic rings. The van der Waals surface area contributed by atoms with Gasteiger partial charge in [0.05, 0.1) is 4.47 Å². The lowest BCUT2D eigenvalue weighted by molar-refractivity contribution is -0.105. The Morgan fingerprint density at radius 3 is 2.60 bits per heavy atom. The van der Waals surface area contributed by atoms with Crippen LogP contribution in [0.5, 0.6) is 11.5 Å². The molecule has 1 spiro atoms. The number of halogens is 1. The minimum absolute atomic E-state index is 0.357. The topological polar surface area (TPSA) is 18.5 Å². The van der Waals surface area contributed by atoms with Gasteiger partial charge in [-0.2, -0.15) is 0 Å². The Balaban J connectivity index is 1.94. The van der Waals surface area contributed by atoms with Gasteiger partial charge in [0.25, 0.3) is 5.79 Å². The van der Waals surface area contributed by atoms with E-state index in [-0.39, 0.29) is 5.79 Å². The first-order valence-electron chi connectivity index (χ1n) is 5.46. The van der Waals surface area contributed by atoms with E-state index in [2.05, 4.69) is 15.9 Å². The Kier molecular flexibility index (Phi) is 2.16. The summed E-state index contributed by atoms with van der Waals surface area (Å²) < 4.78 is 12.9. The second-order valence-corrected chi connectivity index (χ2v) is 5.10. The molecule has 2 aliphatic rings. The van der Waals surface area contributed by atoms with Crippen molar-refractivity contribution >= 4 is 15.9 Å². The lowest BCUT2D eigenvalue weighted by Crippen LogP contribution is -2.40. The highest BCUT2D eigenvalue weighted by Crippen LogP contribution is 2.48. The summed E-state index contributed by atoms with van der Waals surface area (Å²) >= 11 is 3.49. The fraction of sp³-hybridized carbons (Fsp3) is 0.500. The number of benzene rings is 1. The molecule has 2 nitrogen and oxygen atoms in total. The van der Waals surface area contributed by atoms with Gasteiger partial charge in [-0.1, -0.05) is 12.5 Å². The van der Waals surface area contributed by atoms with Crippen LogP contribution in [0.2, 0.25) is 0 Å². The van der Waals surface area contributed by atoms with Crippen LogP contribution in [0, 0.1) is 0 Å². The van der Waals surface area contributed by atoms with E-state index >= 15 is 0 Å². The van der Waals surface area contributed by atoms with Crippen LogP contribution in [-0.2, 0) is 0 Å². The molecule has 15 heavy (non-hydrogen) atoms. The molecule has 0 amide bonds. The SMILES string of the molecule is Brc1cccc2c1OC1(CCCCC1)O2. The first-order chi connectivity index (χ1) is 7.29. The molecule has 0 atom stereocenters. The average Bonchev–Trinajstić information content (AvgIpc) is 2.59. The number of para-hydroxylation sites is 1. The van der Waals surface area contributed by atoms with Crippen LogP contribution in [0.3, 0.4) is 0 Å². The van der Waals surface area contributed by atoms with Crippen LogP contribution in [0.25, 0.3) is 0 Å². The molecule has 0 radical (unpaired) electrons. The van der Waals surface area contributed by atoms with Crippen molar-refractivity contribution in [2.24, 2.45) is 0 Å². The molecule has 0 N–H and O–H groups in total. The van der Waals surface area contributed by atoms with Crippen molar-refractivity contribution in [3.8, 4) is 11.5 Å². The molecule has 1 aliphatic carbocycles. The summed E-state index contributed by atoms with van der Waals surface area (Å²) in [7, 11) is 0. The van der Waals surface area contributed by atoms with Crippen molar-refractivity contribution in [2.75, 3.05) is 0 Å². The molecule has 1 aromatic carbocycles. The van der Waals surface area contributed by atoms with Crippen LogP contribution < -0.4 is 9.47 Å². The number of ether oxygens (including phenoxy) is 2. The molecule has 3 heteroatoms. The van der Waals surface area contributed by atoms with Gasteiger partial charge in [0.1, 0.15) is 0 Å². The number of hydrogen-bond acceptors (Lipinski definition) is 2. The van der Waals surface area contributed by atoms with Crippen molar-refractivity contribution in [3.63, 3.8) is 0 Å². The van der Waals surface area contributed by atoms with Crippen molar-refractivity contribution < 1.29 is 9.47 Å². The predicted octanol–water partition coefficient (Wildman–Crippen LogP) is 3.88. The largest absolute Gasteiger partial charge is 0.448 e. The Morgan fingerprint density at radius 1 is 1.07 bits per heavy atom. The molecule has 0 unspecified atom stereocenters. The fourth-order valence-electron chi connectivity index (χ4n) is 2.37. The summed E-state index contributed by atoms with van der Waals surface area (Å²) in [6, 6.07) is 5.95. The fourth-order valence-corrected chi connectivity index (χ4v) is 2.80. The monoisotopic (exact) mass is 268 g/mol. The van der Waals surface area contributed by atoms with Crippen LogP contribution >= 0.6 is 15.9 Å². The summed E-state index contributed by atoms with van der Waals surface area (Å²) in [6.07, 6.45) is 5.71. The van der Waals surface area contributed by atoms with Crippen molar-refractivity contribution in [3.05, 3.63) is 22.7 Å². The summed E-state index contributed by atoms with van der Waals surface area (Å²) in [6.45, 7) is 0. The van der Waals surface area contributed by atoms with E-state index in [0.29, 0.717) is 0 Å². The minimum atomic E-state index is -0.357. The van der Waals surface area contributed by atoms with Gasteiger partial charge in [-0.05, 0) is 40.9 Å². The highest BCUT2D eigenvalue weighted by atomic mass is 79.9. The van der Waals surface area contributed by atoms with Gasteiger partial charge in [0.15, 0.2) is 11.5 Å². The van der Waals surface area contributed by atoms with E-state index in [9.17, 15) is 0 Å². The van der Waals surface area contributed by atoms with Gasteiger partial charge < -0.3 is 9.47 Å². The number of hydrogen-bond donors (Lipinski definition) is 0. The first kappa shape index (κ1) is 9.52. The summed E-state index contributed by atoms with van der Waals surface area (Å²) in [5.41, 5.74) is 0. The number of fused-ring (bicyclic) bond motifs is 1. The van der Waals surface area contributed by atoms with E-state index in [4.69, 9.17) is 9.47 Å². The third kappa shape index (κ3) is 1.53. The second kappa shape index (κ2) is 3.41. The highest BCUT2D eigenvalue weighted by Gasteiger charge is 2.43. The summed E-state index contributed by atoms with van der Waals surface area (Å²) in [4.78, 5) is 0. The molecule has 3 rings (SSSR count). The Morgan fingerprint density at radius 2 is 1.87 bits per heavy atom. The quantitative estimate of drug-likeness (QED) is 0.711. The van der Waals surface area contributed by atoms with Gasteiger partial charge in [0.2, 0.25) is 0 Å². The van der Waals surface area contributed by atoms with Crippen LogP contribution in [0.4, 0.5) is 0 Å². The molecule has 0 aromatic heterocycles. The molecule has 1 saturated carbocycles. The summed E-state index contributed by atoms with van der Waals surface area (Å²) in [5, 5.41) is 0. The maximum atomic E-state index is 6.00. The average molecular weight is 269 g/mol. The zero-order valence-electron chi connectivity index (χ0n) is 8.46. The second-order valence-electron chi connectivity index (χ2n) is 4.24. The maximum Gasteiger partial charge on any atom is 0.251 e. The van der Waals surface area contributed by atoms with Gasteiger partial charge >= 0.3 is 0 Å². The lowest BCUT2D eigenvalue weighted by atomic mass is 9.94. The van der Waals surface area contributed by atoms with Crippen LogP contribution in [-0.4, -0.2) is 5.79 Å². The molecular formula is C12H13BrO2. The van der Waals surface area contributed by atoms with E-state index in [1.54, 1.807) is 0 Å². The smallest absolute Gasteiger partial charge is 0.251 e. The number of rotatable bonds is 0. The molecule has 0 saturated heterocycles. The van der Waals surface area contributed by atoms with Crippen molar-refractivity contribution in [2.45, 2.75) is 37.9 Å². The first-order valence-corrected chi connectivity index (χ1v) is 6.25. The third-order valence-electron chi connectivity index (χ3n) is 3.13. The standard InChI is InChI=1S/C12H13BrO2/c13-9-5-4-6-10-11(9)15-12(14-10)7-2-1-3-8-12/h4-6H,1-3,7-8H2. The minimum Gasteiger partial charge on any atom is -0.448 e. The lowest BCUT2D eigenvalue weighted by Gasteiger charge is -2.31. The maximum absolute atomic E-state index is 6.00. The third-order valence-corrected chi connectivity index (χ3v) is 3.75. The Labute approximate surface area is 97.7 Å².